The SMILES string of the molecule is CCCCOC(=O)c1ccc(NC(=O)CN2C(=O)N[C@H](CCC)C2=O)cc1. The normalized spacial score (nSPS) is 16.2. The third kappa shape index (κ3) is 5.54. The number of hydrogen-bond acceptors (Lipinski definition) is 5. The average molecular weight is 375 g/mol. The van der Waals surface area contributed by atoms with E-state index in [2.05, 4.69) is 10.6 Å². The van der Waals surface area contributed by atoms with Crippen LogP contribution in [0.3, 0.4) is 0 Å². The molecule has 27 heavy (non-hydrogen) atoms. The van der Waals surface area contributed by atoms with Crippen molar-refractivity contribution in [2.75, 3.05) is 18.5 Å². The minimum atomic E-state index is -0.562. The number of urea groups is 1. The number of carbonyl (C=O) groups excluding carboxylic acids is 4. The largest absolute Gasteiger partial charge is 0.462 e. The summed E-state index contributed by atoms with van der Waals surface area (Å²) in [6, 6.07) is 5.12. The number of nitrogens with one attached hydrogen (secondary N) is 2. The van der Waals surface area contributed by atoms with Crippen LogP contribution in [0.5, 0.6) is 0 Å². The first-order valence-electron chi connectivity index (χ1n) is 9.15. The molecule has 2 N–H and O–H groups in total. The predicted octanol–water partition coefficient (Wildman–Crippen LogP) is 2.30. The lowest BCUT2D eigenvalue weighted by atomic mass is 10.2. The van der Waals surface area contributed by atoms with Gasteiger partial charge in [-0.25, -0.2) is 9.59 Å². The van der Waals surface area contributed by atoms with E-state index < -0.39 is 23.9 Å². The molecule has 0 aromatic heterocycles. The molecule has 0 radical (unpaired) electrons. The van der Waals surface area contributed by atoms with Gasteiger partial charge in [0.15, 0.2) is 0 Å². The molecular weight excluding hydrogens is 350 g/mol. The number of unbranched alkanes of at least 4 members (excludes halogenated alkanes) is 1. The van der Waals surface area contributed by atoms with Gasteiger partial charge in [-0.2, -0.15) is 0 Å². The second-order valence-electron chi connectivity index (χ2n) is 6.33. The van der Waals surface area contributed by atoms with Gasteiger partial charge in [-0.05, 0) is 37.1 Å². The Morgan fingerprint density at radius 1 is 1.15 bits per heavy atom. The highest BCUT2D eigenvalue weighted by Gasteiger charge is 2.38. The Bertz CT molecular complexity index is 702. The Morgan fingerprint density at radius 2 is 1.85 bits per heavy atom. The van der Waals surface area contributed by atoms with Crippen molar-refractivity contribution in [2.24, 2.45) is 0 Å². The van der Waals surface area contributed by atoms with E-state index in [9.17, 15) is 19.2 Å². The molecule has 1 aromatic rings. The molecule has 1 aromatic carbocycles. The Hall–Kier alpha value is -2.90. The fraction of sp³-hybridized carbons (Fsp3) is 0.474. The molecule has 1 fully saturated rings. The molecule has 1 heterocycles. The molecule has 0 spiro atoms. The fourth-order valence-corrected chi connectivity index (χ4v) is 2.64. The summed E-state index contributed by atoms with van der Waals surface area (Å²) in [5.41, 5.74) is 0.850. The van der Waals surface area contributed by atoms with Gasteiger partial charge in [0, 0.05) is 5.69 Å². The lowest BCUT2D eigenvalue weighted by molar-refractivity contribution is -0.130. The van der Waals surface area contributed by atoms with Crippen molar-refractivity contribution in [1.29, 1.82) is 0 Å². The number of imide groups is 1. The fourth-order valence-electron chi connectivity index (χ4n) is 2.64. The zero-order chi connectivity index (χ0) is 19.8. The number of ether oxygens (including phenoxy) is 1. The van der Waals surface area contributed by atoms with Gasteiger partial charge in [-0.1, -0.05) is 26.7 Å². The van der Waals surface area contributed by atoms with Crippen molar-refractivity contribution in [3.05, 3.63) is 29.8 Å². The summed E-state index contributed by atoms with van der Waals surface area (Å²) in [5, 5.41) is 5.18. The number of benzene rings is 1. The molecule has 8 heteroatoms. The smallest absolute Gasteiger partial charge is 0.338 e. The third-order valence-corrected chi connectivity index (χ3v) is 4.12. The van der Waals surface area contributed by atoms with Gasteiger partial charge in [0.2, 0.25) is 5.91 Å². The van der Waals surface area contributed by atoms with Crippen molar-refractivity contribution in [2.45, 2.75) is 45.6 Å². The number of rotatable bonds is 9. The van der Waals surface area contributed by atoms with Crippen LogP contribution in [0.4, 0.5) is 10.5 Å². The molecule has 1 aliphatic rings. The minimum absolute atomic E-state index is 0.355. The highest BCUT2D eigenvalue weighted by atomic mass is 16.5. The Morgan fingerprint density at radius 3 is 2.48 bits per heavy atom. The molecule has 1 saturated heterocycles. The van der Waals surface area contributed by atoms with Crippen molar-refractivity contribution < 1.29 is 23.9 Å². The molecule has 146 valence electrons. The predicted molar refractivity (Wildman–Crippen MR) is 99.2 cm³/mol. The van der Waals surface area contributed by atoms with E-state index in [0.29, 0.717) is 24.3 Å². The van der Waals surface area contributed by atoms with Crippen molar-refractivity contribution >= 4 is 29.5 Å². The number of hydrogen-bond donors (Lipinski definition) is 2. The molecule has 1 aliphatic heterocycles. The van der Waals surface area contributed by atoms with E-state index in [0.717, 1.165) is 24.2 Å². The van der Waals surface area contributed by atoms with E-state index in [1.165, 1.54) is 0 Å². The second-order valence-corrected chi connectivity index (χ2v) is 6.33. The molecule has 0 bridgehead atoms. The first-order chi connectivity index (χ1) is 13.0. The molecule has 1 atom stereocenters. The van der Waals surface area contributed by atoms with Crippen LogP contribution in [0.1, 0.15) is 49.9 Å². The van der Waals surface area contributed by atoms with Crippen LogP contribution in [0.2, 0.25) is 0 Å². The maximum atomic E-state index is 12.1. The topological polar surface area (TPSA) is 105 Å². The van der Waals surface area contributed by atoms with Crippen molar-refractivity contribution in [3.8, 4) is 0 Å². The number of anilines is 1. The van der Waals surface area contributed by atoms with Crippen LogP contribution in [0.25, 0.3) is 0 Å². The van der Waals surface area contributed by atoms with Crippen LogP contribution in [0.15, 0.2) is 24.3 Å². The molecule has 4 amide bonds. The maximum Gasteiger partial charge on any atom is 0.338 e. The summed E-state index contributed by atoms with van der Waals surface area (Å²) >= 11 is 0. The van der Waals surface area contributed by atoms with Crippen LogP contribution in [0, 0.1) is 0 Å². The number of esters is 1. The number of amides is 4. The van der Waals surface area contributed by atoms with E-state index in [-0.39, 0.29) is 12.5 Å². The lowest BCUT2D eigenvalue weighted by Crippen LogP contribution is -2.38. The molecule has 0 unspecified atom stereocenters. The van der Waals surface area contributed by atoms with Crippen LogP contribution >= 0.6 is 0 Å². The molecule has 8 nitrogen and oxygen atoms in total. The highest BCUT2D eigenvalue weighted by molar-refractivity contribution is 6.07. The molecule has 0 saturated carbocycles. The van der Waals surface area contributed by atoms with Crippen molar-refractivity contribution in [3.63, 3.8) is 0 Å². The summed E-state index contributed by atoms with van der Waals surface area (Å²) < 4.78 is 5.12. The second kappa shape index (κ2) is 9.70. The summed E-state index contributed by atoms with van der Waals surface area (Å²) in [4.78, 5) is 48.9. The first-order valence-corrected chi connectivity index (χ1v) is 9.15. The quantitative estimate of drug-likeness (QED) is 0.391. The number of carbonyl (C=O) groups is 4. The van der Waals surface area contributed by atoms with Gasteiger partial charge in [0.05, 0.1) is 12.2 Å². The zero-order valence-corrected chi connectivity index (χ0v) is 15.6. The average Bonchev–Trinajstić information content (AvgIpc) is 2.90. The molecular formula is C19H25N3O5. The van der Waals surface area contributed by atoms with Gasteiger partial charge in [0.1, 0.15) is 12.6 Å². The van der Waals surface area contributed by atoms with Crippen LogP contribution < -0.4 is 10.6 Å². The van der Waals surface area contributed by atoms with Crippen LogP contribution in [-0.4, -0.2) is 47.9 Å². The van der Waals surface area contributed by atoms with Crippen LogP contribution in [-0.2, 0) is 14.3 Å². The van der Waals surface area contributed by atoms with E-state index >= 15 is 0 Å². The van der Waals surface area contributed by atoms with E-state index in [4.69, 9.17) is 4.74 Å². The summed E-state index contributed by atoms with van der Waals surface area (Å²) in [7, 11) is 0. The van der Waals surface area contributed by atoms with Gasteiger partial charge in [-0.15, -0.1) is 0 Å². The summed E-state index contributed by atoms with van der Waals surface area (Å²) in [6.07, 6.45) is 3.04. The lowest BCUT2D eigenvalue weighted by Gasteiger charge is -2.13. The van der Waals surface area contributed by atoms with Gasteiger partial charge in [0.25, 0.3) is 5.91 Å². The third-order valence-electron chi connectivity index (χ3n) is 4.12. The Labute approximate surface area is 158 Å². The van der Waals surface area contributed by atoms with Gasteiger partial charge < -0.3 is 15.4 Å². The molecule has 2 rings (SSSR count). The van der Waals surface area contributed by atoms with Crippen molar-refractivity contribution in [1.82, 2.24) is 10.2 Å². The summed E-state index contributed by atoms with van der Waals surface area (Å²) in [6.45, 7) is 3.94. The summed E-state index contributed by atoms with van der Waals surface area (Å²) in [5.74, 6) is -1.29. The standard InChI is InChI=1S/C19H25N3O5/c1-3-5-11-27-18(25)13-7-9-14(10-8-13)20-16(23)12-22-17(24)15(6-4-2)21-19(22)26/h7-10,15H,3-6,11-12H2,1-2H3,(H,20,23)(H,21,26)/t15-/m1/s1. The maximum absolute atomic E-state index is 12.1. The Balaban J connectivity index is 1.88. The Kier molecular flexibility index (Phi) is 7.34. The van der Waals surface area contributed by atoms with Gasteiger partial charge >= 0.3 is 12.0 Å². The van der Waals surface area contributed by atoms with E-state index in [1.54, 1.807) is 24.3 Å². The first kappa shape index (κ1) is 20.4. The number of nitrogens with zero attached hydrogens (tertiary/aromatic N) is 1. The van der Waals surface area contributed by atoms with Gasteiger partial charge in [-0.3, -0.25) is 14.5 Å². The zero-order valence-electron chi connectivity index (χ0n) is 15.6. The molecule has 0 aliphatic carbocycles. The minimum Gasteiger partial charge on any atom is -0.462 e. The monoisotopic (exact) mass is 375 g/mol. The van der Waals surface area contributed by atoms with E-state index in [1.807, 2.05) is 13.8 Å². The highest BCUT2D eigenvalue weighted by Crippen LogP contribution is 2.13.